The van der Waals surface area contributed by atoms with Crippen LogP contribution in [0.2, 0.25) is 0 Å². The van der Waals surface area contributed by atoms with Crippen LogP contribution in [0.5, 0.6) is 0 Å². The second kappa shape index (κ2) is 4.47. The van der Waals surface area contributed by atoms with Gasteiger partial charge in [0.05, 0.1) is 6.10 Å². The van der Waals surface area contributed by atoms with Crippen LogP contribution in [0.1, 0.15) is 20.8 Å². The molecular formula is C11H19NO. The maximum atomic E-state index is 5.32. The van der Waals surface area contributed by atoms with Crippen LogP contribution in [-0.2, 0) is 4.74 Å². The van der Waals surface area contributed by atoms with E-state index in [4.69, 9.17) is 4.74 Å². The number of dihydropyridines is 1. The molecule has 0 aromatic heterocycles. The van der Waals surface area contributed by atoms with Gasteiger partial charge in [0.25, 0.3) is 0 Å². The van der Waals surface area contributed by atoms with Crippen LogP contribution in [-0.4, -0.2) is 19.8 Å². The second-order valence-electron chi connectivity index (χ2n) is 3.68. The molecule has 0 fully saturated rings. The zero-order valence-corrected chi connectivity index (χ0v) is 8.92. The van der Waals surface area contributed by atoms with Crippen LogP contribution in [0.4, 0.5) is 0 Å². The van der Waals surface area contributed by atoms with E-state index in [0.717, 1.165) is 6.54 Å². The third-order valence-electron chi connectivity index (χ3n) is 2.40. The molecule has 1 unspecified atom stereocenters. The quantitative estimate of drug-likeness (QED) is 0.720. The molecule has 1 heterocycles. The zero-order valence-electron chi connectivity index (χ0n) is 8.92. The Morgan fingerprint density at radius 3 is 2.62 bits per heavy atom. The summed E-state index contributed by atoms with van der Waals surface area (Å²) in [6.07, 6.45) is 4.52. The van der Waals surface area contributed by atoms with Crippen LogP contribution in [0, 0.1) is 5.92 Å². The first-order chi connectivity index (χ1) is 6.16. The summed E-state index contributed by atoms with van der Waals surface area (Å²) in [6, 6.07) is 0. The Morgan fingerprint density at radius 1 is 1.38 bits per heavy atom. The molecule has 0 amide bonds. The van der Waals surface area contributed by atoms with Crippen LogP contribution in [0.3, 0.4) is 0 Å². The highest BCUT2D eigenvalue weighted by molar-refractivity contribution is 5.32. The molecule has 0 aromatic rings. The molecule has 1 N–H and O–H groups in total. The first-order valence-corrected chi connectivity index (χ1v) is 4.84. The largest absolute Gasteiger partial charge is 0.383 e. The van der Waals surface area contributed by atoms with E-state index in [1.807, 2.05) is 0 Å². The molecule has 0 radical (unpaired) electrons. The molecule has 2 nitrogen and oxygen atoms in total. The van der Waals surface area contributed by atoms with Gasteiger partial charge in [-0.1, -0.05) is 26.0 Å². The Labute approximate surface area is 80.7 Å². The van der Waals surface area contributed by atoms with Gasteiger partial charge in [-0.2, -0.15) is 0 Å². The van der Waals surface area contributed by atoms with Gasteiger partial charge >= 0.3 is 0 Å². The normalized spacial score (nSPS) is 19.2. The minimum atomic E-state index is 0.169. The molecular weight excluding hydrogens is 162 g/mol. The SMILES string of the molecule is COC(C)C1=C(C(C)C)C=CCN1. The maximum Gasteiger partial charge on any atom is 0.0940 e. The third kappa shape index (κ3) is 2.34. The highest BCUT2D eigenvalue weighted by Crippen LogP contribution is 2.20. The van der Waals surface area contributed by atoms with E-state index in [1.165, 1.54) is 11.3 Å². The number of hydrogen-bond acceptors (Lipinski definition) is 2. The third-order valence-corrected chi connectivity index (χ3v) is 2.40. The molecule has 1 aliphatic rings. The highest BCUT2D eigenvalue weighted by atomic mass is 16.5. The van der Waals surface area contributed by atoms with Crippen molar-refractivity contribution in [2.45, 2.75) is 26.9 Å². The fraction of sp³-hybridized carbons (Fsp3) is 0.636. The van der Waals surface area contributed by atoms with Gasteiger partial charge in [-0.3, -0.25) is 0 Å². The summed E-state index contributed by atoms with van der Waals surface area (Å²) in [5, 5.41) is 3.37. The topological polar surface area (TPSA) is 21.3 Å². The van der Waals surface area contributed by atoms with Gasteiger partial charge in [0, 0.05) is 19.4 Å². The van der Waals surface area contributed by atoms with Gasteiger partial charge in [0.1, 0.15) is 0 Å². The molecule has 13 heavy (non-hydrogen) atoms. The molecule has 0 aliphatic carbocycles. The van der Waals surface area contributed by atoms with Gasteiger partial charge in [0.2, 0.25) is 0 Å². The van der Waals surface area contributed by atoms with Gasteiger partial charge in [0.15, 0.2) is 0 Å². The number of ether oxygens (including phenoxy) is 1. The van der Waals surface area contributed by atoms with Crippen molar-refractivity contribution >= 4 is 0 Å². The van der Waals surface area contributed by atoms with Gasteiger partial charge < -0.3 is 10.1 Å². The Morgan fingerprint density at radius 2 is 2.08 bits per heavy atom. The first kappa shape index (κ1) is 10.3. The molecule has 0 bridgehead atoms. The van der Waals surface area contributed by atoms with E-state index in [9.17, 15) is 0 Å². The van der Waals surface area contributed by atoms with E-state index in [1.54, 1.807) is 7.11 Å². The lowest BCUT2D eigenvalue weighted by molar-refractivity contribution is 0.139. The smallest absolute Gasteiger partial charge is 0.0940 e. The number of hydrogen-bond donors (Lipinski definition) is 1. The first-order valence-electron chi connectivity index (χ1n) is 4.84. The summed E-state index contributed by atoms with van der Waals surface area (Å²) in [4.78, 5) is 0. The lowest BCUT2D eigenvalue weighted by Gasteiger charge is -2.24. The molecule has 1 rings (SSSR count). The lowest BCUT2D eigenvalue weighted by atomic mass is 9.96. The molecule has 74 valence electrons. The van der Waals surface area contributed by atoms with Crippen molar-refractivity contribution in [2.75, 3.05) is 13.7 Å². The summed E-state index contributed by atoms with van der Waals surface area (Å²) in [6.45, 7) is 7.40. The molecule has 0 aromatic carbocycles. The van der Waals surface area contributed by atoms with E-state index < -0.39 is 0 Å². The number of allylic oxidation sites excluding steroid dienone is 2. The summed E-state index contributed by atoms with van der Waals surface area (Å²) >= 11 is 0. The standard InChI is InChI=1S/C11H19NO/c1-8(2)10-6-5-7-12-11(10)9(3)13-4/h5-6,8-9,12H,7H2,1-4H3. The minimum Gasteiger partial charge on any atom is -0.383 e. The van der Waals surface area contributed by atoms with Crippen molar-refractivity contribution in [3.8, 4) is 0 Å². The summed E-state index contributed by atoms with van der Waals surface area (Å²) < 4.78 is 5.32. The van der Waals surface area contributed by atoms with Crippen LogP contribution in [0.15, 0.2) is 23.4 Å². The van der Waals surface area contributed by atoms with Gasteiger partial charge in [-0.25, -0.2) is 0 Å². The highest BCUT2D eigenvalue weighted by Gasteiger charge is 2.16. The van der Waals surface area contributed by atoms with E-state index in [0.29, 0.717) is 5.92 Å². The Balaban J connectivity index is 2.90. The monoisotopic (exact) mass is 181 g/mol. The van der Waals surface area contributed by atoms with Gasteiger partial charge in [-0.15, -0.1) is 0 Å². The van der Waals surface area contributed by atoms with Crippen LogP contribution >= 0.6 is 0 Å². The predicted octanol–water partition coefficient (Wildman–Crippen LogP) is 2.09. The van der Waals surface area contributed by atoms with Crippen molar-refractivity contribution in [3.05, 3.63) is 23.4 Å². The Bertz CT molecular complexity index is 228. The fourth-order valence-corrected chi connectivity index (χ4v) is 1.55. The molecule has 0 spiro atoms. The average Bonchev–Trinajstić information content (AvgIpc) is 2.16. The van der Waals surface area contributed by atoms with E-state index in [2.05, 4.69) is 38.2 Å². The lowest BCUT2D eigenvalue weighted by Crippen LogP contribution is -2.28. The van der Waals surface area contributed by atoms with Crippen molar-refractivity contribution in [2.24, 2.45) is 5.92 Å². The molecule has 2 heteroatoms. The van der Waals surface area contributed by atoms with E-state index in [-0.39, 0.29) is 6.10 Å². The van der Waals surface area contributed by atoms with E-state index >= 15 is 0 Å². The average molecular weight is 181 g/mol. The number of rotatable bonds is 3. The van der Waals surface area contributed by atoms with Crippen molar-refractivity contribution in [3.63, 3.8) is 0 Å². The Hall–Kier alpha value is -0.760. The second-order valence-corrected chi connectivity index (χ2v) is 3.68. The molecule has 1 aliphatic heterocycles. The zero-order chi connectivity index (χ0) is 9.84. The van der Waals surface area contributed by atoms with Crippen molar-refractivity contribution in [1.29, 1.82) is 0 Å². The maximum absolute atomic E-state index is 5.32. The Kier molecular flexibility index (Phi) is 3.55. The predicted molar refractivity (Wildman–Crippen MR) is 55.5 cm³/mol. The van der Waals surface area contributed by atoms with Crippen molar-refractivity contribution < 1.29 is 4.74 Å². The number of methoxy groups -OCH3 is 1. The summed E-state index contributed by atoms with van der Waals surface area (Å²) in [5.41, 5.74) is 2.60. The fourth-order valence-electron chi connectivity index (χ4n) is 1.55. The molecule has 1 atom stereocenters. The van der Waals surface area contributed by atoms with Crippen molar-refractivity contribution in [1.82, 2.24) is 5.32 Å². The number of nitrogens with one attached hydrogen (secondary N) is 1. The van der Waals surface area contributed by atoms with Crippen LogP contribution in [0.25, 0.3) is 0 Å². The minimum absolute atomic E-state index is 0.169. The van der Waals surface area contributed by atoms with Gasteiger partial charge in [-0.05, 0) is 18.4 Å². The van der Waals surface area contributed by atoms with Crippen LogP contribution < -0.4 is 5.32 Å². The summed E-state index contributed by atoms with van der Waals surface area (Å²) in [5.74, 6) is 0.552. The molecule has 0 saturated carbocycles. The summed E-state index contributed by atoms with van der Waals surface area (Å²) in [7, 11) is 1.75. The molecule has 0 saturated heterocycles.